The molecule has 1 aliphatic rings. The summed E-state index contributed by atoms with van der Waals surface area (Å²) in [5, 5.41) is 0.612. The van der Waals surface area contributed by atoms with Gasteiger partial charge in [-0.15, -0.1) is 0 Å². The first-order valence-corrected chi connectivity index (χ1v) is 8.37. The first-order valence-electron chi connectivity index (χ1n) is 7.99. The van der Waals surface area contributed by atoms with Gasteiger partial charge in [0.1, 0.15) is 12.3 Å². The Hall–Kier alpha value is -2.31. The standard InChI is InChI=1S/C18H19ClN2O4/c1-20-11-17(25-12-13-3-2-4-14(19)9-13)16(22)10-15(20)18(23)21-5-7-24-8-6-21/h2-4,9-11H,5-8,12H2,1H3. The molecule has 1 amide bonds. The largest absolute Gasteiger partial charge is 0.483 e. The van der Waals surface area contributed by atoms with Crippen molar-refractivity contribution in [1.82, 2.24) is 9.47 Å². The molecular formula is C18H19ClN2O4. The molecule has 0 bridgehead atoms. The van der Waals surface area contributed by atoms with Crippen molar-refractivity contribution in [3.8, 4) is 5.75 Å². The van der Waals surface area contributed by atoms with E-state index in [-0.39, 0.29) is 23.7 Å². The Morgan fingerprint density at radius 3 is 2.76 bits per heavy atom. The number of aromatic nitrogens is 1. The maximum absolute atomic E-state index is 12.6. The van der Waals surface area contributed by atoms with Gasteiger partial charge < -0.3 is 18.9 Å². The van der Waals surface area contributed by atoms with E-state index in [0.29, 0.717) is 37.0 Å². The third-order valence-electron chi connectivity index (χ3n) is 4.00. The van der Waals surface area contributed by atoms with E-state index in [1.807, 2.05) is 12.1 Å². The Kier molecular flexibility index (Phi) is 5.40. The molecule has 1 aliphatic heterocycles. The molecule has 2 heterocycles. The number of amides is 1. The van der Waals surface area contributed by atoms with Crippen molar-refractivity contribution in [2.24, 2.45) is 7.05 Å². The van der Waals surface area contributed by atoms with Crippen LogP contribution in [0.5, 0.6) is 5.75 Å². The second-order valence-electron chi connectivity index (χ2n) is 5.82. The molecule has 0 aliphatic carbocycles. The predicted molar refractivity (Wildman–Crippen MR) is 94.2 cm³/mol. The number of morpholine rings is 1. The Morgan fingerprint density at radius 2 is 2.04 bits per heavy atom. The average Bonchev–Trinajstić information content (AvgIpc) is 2.62. The summed E-state index contributed by atoms with van der Waals surface area (Å²) in [6, 6.07) is 8.57. The fourth-order valence-corrected chi connectivity index (χ4v) is 2.86. The minimum Gasteiger partial charge on any atom is -0.483 e. The van der Waals surface area contributed by atoms with Crippen molar-refractivity contribution >= 4 is 17.5 Å². The highest BCUT2D eigenvalue weighted by molar-refractivity contribution is 6.30. The van der Waals surface area contributed by atoms with Crippen LogP contribution in [-0.4, -0.2) is 41.7 Å². The highest BCUT2D eigenvalue weighted by Crippen LogP contribution is 2.14. The van der Waals surface area contributed by atoms with Crippen LogP contribution < -0.4 is 10.2 Å². The van der Waals surface area contributed by atoms with Crippen LogP contribution in [0.25, 0.3) is 0 Å². The lowest BCUT2D eigenvalue weighted by atomic mass is 10.2. The molecule has 6 nitrogen and oxygen atoms in total. The molecule has 1 saturated heterocycles. The summed E-state index contributed by atoms with van der Waals surface area (Å²) >= 11 is 5.94. The lowest BCUT2D eigenvalue weighted by Crippen LogP contribution is -2.42. The highest BCUT2D eigenvalue weighted by Gasteiger charge is 2.21. The Balaban J connectivity index is 1.75. The van der Waals surface area contributed by atoms with Gasteiger partial charge in [-0.1, -0.05) is 23.7 Å². The average molecular weight is 363 g/mol. The van der Waals surface area contributed by atoms with Gasteiger partial charge in [-0.05, 0) is 17.7 Å². The molecule has 0 radical (unpaired) electrons. The van der Waals surface area contributed by atoms with Gasteiger partial charge in [0.25, 0.3) is 5.91 Å². The highest BCUT2D eigenvalue weighted by atomic mass is 35.5. The lowest BCUT2D eigenvalue weighted by Gasteiger charge is -2.27. The molecule has 1 aromatic heterocycles. The van der Waals surface area contributed by atoms with Crippen LogP contribution in [0.2, 0.25) is 5.02 Å². The first kappa shape index (κ1) is 17.5. The molecule has 0 atom stereocenters. The number of hydrogen-bond acceptors (Lipinski definition) is 4. The summed E-state index contributed by atoms with van der Waals surface area (Å²) in [4.78, 5) is 26.5. The molecule has 1 fully saturated rings. The molecule has 0 N–H and O–H groups in total. The second kappa shape index (κ2) is 7.72. The van der Waals surface area contributed by atoms with Crippen LogP contribution in [0.4, 0.5) is 0 Å². The zero-order chi connectivity index (χ0) is 17.8. The minimum atomic E-state index is -0.322. The topological polar surface area (TPSA) is 60.8 Å². The number of rotatable bonds is 4. The SMILES string of the molecule is Cn1cc(OCc2cccc(Cl)c2)c(=O)cc1C(=O)N1CCOCC1. The minimum absolute atomic E-state index is 0.177. The van der Waals surface area contributed by atoms with Gasteiger partial charge in [0.2, 0.25) is 5.43 Å². The Labute approximate surface area is 150 Å². The number of pyridine rings is 1. The van der Waals surface area contributed by atoms with E-state index in [4.69, 9.17) is 21.1 Å². The van der Waals surface area contributed by atoms with Gasteiger partial charge in [0, 0.05) is 31.2 Å². The van der Waals surface area contributed by atoms with E-state index in [1.165, 1.54) is 6.07 Å². The molecule has 25 heavy (non-hydrogen) atoms. The number of hydrogen-bond donors (Lipinski definition) is 0. The van der Waals surface area contributed by atoms with Crippen molar-refractivity contribution < 1.29 is 14.3 Å². The van der Waals surface area contributed by atoms with Crippen LogP contribution in [0.15, 0.2) is 41.3 Å². The molecule has 2 aromatic rings. The van der Waals surface area contributed by atoms with Gasteiger partial charge >= 0.3 is 0 Å². The molecule has 132 valence electrons. The molecule has 0 unspecified atom stereocenters. The van der Waals surface area contributed by atoms with Crippen molar-refractivity contribution in [2.45, 2.75) is 6.61 Å². The van der Waals surface area contributed by atoms with E-state index in [0.717, 1.165) is 5.56 Å². The summed E-state index contributed by atoms with van der Waals surface area (Å²) < 4.78 is 12.5. The molecule has 3 rings (SSSR count). The third kappa shape index (κ3) is 4.21. The Morgan fingerprint density at radius 1 is 1.28 bits per heavy atom. The van der Waals surface area contributed by atoms with Crippen molar-refractivity contribution in [3.05, 3.63) is 63.0 Å². The van der Waals surface area contributed by atoms with E-state index in [9.17, 15) is 9.59 Å². The second-order valence-corrected chi connectivity index (χ2v) is 6.26. The van der Waals surface area contributed by atoms with Crippen molar-refractivity contribution in [1.29, 1.82) is 0 Å². The lowest BCUT2D eigenvalue weighted by molar-refractivity contribution is 0.0296. The molecule has 0 saturated carbocycles. The van der Waals surface area contributed by atoms with Gasteiger partial charge in [-0.2, -0.15) is 0 Å². The first-order chi connectivity index (χ1) is 12.0. The fraction of sp³-hybridized carbons (Fsp3) is 0.333. The van der Waals surface area contributed by atoms with Crippen molar-refractivity contribution in [2.75, 3.05) is 26.3 Å². The quantitative estimate of drug-likeness (QED) is 0.835. The van der Waals surface area contributed by atoms with Crippen LogP contribution in [0.3, 0.4) is 0 Å². The van der Waals surface area contributed by atoms with E-state index < -0.39 is 0 Å². The van der Waals surface area contributed by atoms with Gasteiger partial charge in [0.15, 0.2) is 5.75 Å². The summed E-state index contributed by atoms with van der Waals surface area (Å²) in [6.45, 7) is 2.31. The number of ether oxygens (including phenoxy) is 2. The normalized spacial score (nSPS) is 14.4. The summed E-state index contributed by atoms with van der Waals surface area (Å²) in [7, 11) is 1.72. The predicted octanol–water partition coefficient (Wildman–Crippen LogP) is 2.09. The van der Waals surface area contributed by atoms with Crippen molar-refractivity contribution in [3.63, 3.8) is 0 Å². The number of carbonyl (C=O) groups excluding carboxylic acids is 1. The van der Waals surface area contributed by atoms with Gasteiger partial charge in [-0.25, -0.2) is 0 Å². The van der Waals surface area contributed by atoms with E-state index in [2.05, 4.69) is 0 Å². The summed E-state index contributed by atoms with van der Waals surface area (Å²) in [6.07, 6.45) is 1.54. The monoisotopic (exact) mass is 362 g/mol. The molecule has 1 aromatic carbocycles. The molecule has 0 spiro atoms. The molecular weight excluding hydrogens is 344 g/mol. The smallest absolute Gasteiger partial charge is 0.270 e. The Bertz CT molecular complexity index is 828. The van der Waals surface area contributed by atoms with Crippen LogP contribution in [-0.2, 0) is 18.4 Å². The zero-order valence-corrected chi connectivity index (χ0v) is 14.7. The zero-order valence-electron chi connectivity index (χ0n) is 13.9. The number of aryl methyl sites for hydroxylation is 1. The summed E-state index contributed by atoms with van der Waals surface area (Å²) in [5.74, 6) is 0.0188. The van der Waals surface area contributed by atoms with Crippen LogP contribution in [0, 0.1) is 0 Å². The van der Waals surface area contributed by atoms with Crippen LogP contribution >= 0.6 is 11.6 Å². The van der Waals surface area contributed by atoms with Gasteiger partial charge in [-0.3, -0.25) is 9.59 Å². The van der Waals surface area contributed by atoms with Crippen LogP contribution in [0.1, 0.15) is 16.1 Å². The number of benzene rings is 1. The summed E-state index contributed by atoms with van der Waals surface area (Å²) in [5.41, 5.74) is 0.877. The third-order valence-corrected chi connectivity index (χ3v) is 4.24. The maximum Gasteiger partial charge on any atom is 0.270 e. The van der Waals surface area contributed by atoms with Gasteiger partial charge in [0.05, 0.1) is 19.4 Å². The number of halogens is 1. The number of nitrogens with zero attached hydrogens (tertiary/aromatic N) is 2. The van der Waals surface area contributed by atoms with E-state index >= 15 is 0 Å². The fourth-order valence-electron chi connectivity index (χ4n) is 2.64. The molecule has 7 heteroatoms. The number of carbonyl (C=O) groups is 1. The maximum atomic E-state index is 12.6. The van der Waals surface area contributed by atoms with E-state index in [1.54, 1.807) is 34.8 Å².